The van der Waals surface area contributed by atoms with Crippen molar-refractivity contribution in [2.24, 2.45) is 11.3 Å². The lowest BCUT2D eigenvalue weighted by molar-refractivity contribution is -0.149. The molecule has 0 saturated heterocycles. The van der Waals surface area contributed by atoms with Gasteiger partial charge in [-0.2, -0.15) is 0 Å². The van der Waals surface area contributed by atoms with Gasteiger partial charge >= 0.3 is 5.97 Å². The maximum atomic E-state index is 14.8. The Bertz CT molecular complexity index is 1200. The molecule has 3 aromatic rings. The molecule has 0 aliphatic heterocycles. The standard InChI is InChI=1S/C24H23FN2O5/c1-14-9-16(17-5-3-4-6-20(17)26-14)13-32-21-8-7-15(10-19(21)25)11-24(23(29)31-2)12-18(24)22(28)27-30/h3-10,18,30H,11-13H2,1-2H3,(H,27,28)/t18?,24-/m0/s1. The van der Waals surface area contributed by atoms with Crippen LogP contribution in [-0.2, 0) is 27.4 Å². The van der Waals surface area contributed by atoms with E-state index >= 15 is 0 Å². The van der Waals surface area contributed by atoms with Crippen molar-refractivity contribution in [1.82, 2.24) is 10.5 Å². The maximum Gasteiger partial charge on any atom is 0.312 e. The van der Waals surface area contributed by atoms with Crippen molar-refractivity contribution in [1.29, 1.82) is 0 Å². The van der Waals surface area contributed by atoms with Crippen LogP contribution in [0, 0.1) is 24.1 Å². The lowest BCUT2D eigenvalue weighted by atomic mass is 9.93. The number of hydroxylamine groups is 1. The number of hydrogen-bond donors (Lipinski definition) is 2. The first-order valence-corrected chi connectivity index (χ1v) is 10.2. The molecule has 2 atom stereocenters. The second-order valence-corrected chi connectivity index (χ2v) is 8.05. The normalized spacial score (nSPS) is 19.4. The van der Waals surface area contributed by atoms with Crippen LogP contribution in [-0.4, -0.2) is 29.2 Å². The molecule has 32 heavy (non-hydrogen) atoms. The number of rotatable bonds is 7. The third-order valence-electron chi connectivity index (χ3n) is 5.92. The summed E-state index contributed by atoms with van der Waals surface area (Å²) in [5.41, 5.74) is 3.58. The van der Waals surface area contributed by atoms with Crippen LogP contribution in [0.25, 0.3) is 10.9 Å². The largest absolute Gasteiger partial charge is 0.486 e. The molecular formula is C24H23FN2O5. The number of aryl methyl sites for hydroxylation is 1. The predicted octanol–water partition coefficient (Wildman–Crippen LogP) is 3.49. The number of fused-ring (bicyclic) bond motifs is 1. The Morgan fingerprint density at radius 1 is 1.25 bits per heavy atom. The predicted molar refractivity (Wildman–Crippen MR) is 113 cm³/mol. The van der Waals surface area contributed by atoms with Gasteiger partial charge in [-0.1, -0.05) is 24.3 Å². The molecule has 8 heteroatoms. The fourth-order valence-corrected chi connectivity index (χ4v) is 4.23. The first-order chi connectivity index (χ1) is 15.4. The number of aromatic nitrogens is 1. The number of esters is 1. The molecule has 1 aliphatic rings. The fourth-order valence-electron chi connectivity index (χ4n) is 4.23. The van der Waals surface area contributed by atoms with Crippen molar-refractivity contribution in [3.8, 4) is 5.75 Å². The van der Waals surface area contributed by atoms with Crippen molar-refractivity contribution >= 4 is 22.8 Å². The minimum Gasteiger partial charge on any atom is -0.486 e. The Morgan fingerprint density at radius 2 is 2.03 bits per heavy atom. The van der Waals surface area contributed by atoms with Crippen molar-refractivity contribution in [3.05, 3.63) is 71.2 Å². The van der Waals surface area contributed by atoms with Crippen LogP contribution < -0.4 is 10.2 Å². The molecule has 1 saturated carbocycles. The average Bonchev–Trinajstić information content (AvgIpc) is 3.52. The third kappa shape index (κ3) is 4.01. The van der Waals surface area contributed by atoms with E-state index in [0.717, 1.165) is 22.2 Å². The summed E-state index contributed by atoms with van der Waals surface area (Å²) in [6.07, 6.45) is 0.337. The second kappa shape index (κ2) is 8.55. The molecule has 0 bridgehead atoms. The van der Waals surface area contributed by atoms with Gasteiger partial charge in [-0.05, 0) is 49.6 Å². The van der Waals surface area contributed by atoms with Crippen LogP contribution >= 0.6 is 0 Å². The van der Waals surface area contributed by atoms with Gasteiger partial charge in [-0.15, -0.1) is 0 Å². The second-order valence-electron chi connectivity index (χ2n) is 8.05. The van der Waals surface area contributed by atoms with E-state index in [-0.39, 0.29) is 25.2 Å². The van der Waals surface area contributed by atoms with E-state index in [4.69, 9.17) is 14.7 Å². The lowest BCUT2D eigenvalue weighted by Crippen LogP contribution is -2.30. The van der Waals surface area contributed by atoms with E-state index in [2.05, 4.69) is 4.98 Å². The maximum absolute atomic E-state index is 14.8. The highest BCUT2D eigenvalue weighted by Gasteiger charge is 2.64. The molecular weight excluding hydrogens is 415 g/mol. The molecule has 166 valence electrons. The van der Waals surface area contributed by atoms with Gasteiger partial charge in [0.05, 0.1) is 24.0 Å². The van der Waals surface area contributed by atoms with Crippen LogP contribution in [0.4, 0.5) is 4.39 Å². The summed E-state index contributed by atoms with van der Waals surface area (Å²) in [4.78, 5) is 28.6. The number of carbonyl (C=O) groups is 2. The van der Waals surface area contributed by atoms with Crippen molar-refractivity contribution < 1.29 is 28.7 Å². The number of nitrogens with zero attached hydrogens (tertiary/aromatic N) is 1. The minimum atomic E-state index is -1.11. The summed E-state index contributed by atoms with van der Waals surface area (Å²) >= 11 is 0. The summed E-state index contributed by atoms with van der Waals surface area (Å²) < 4.78 is 25.4. The first kappa shape index (κ1) is 21.7. The Kier molecular flexibility index (Phi) is 5.80. The van der Waals surface area contributed by atoms with Crippen molar-refractivity contribution in [3.63, 3.8) is 0 Å². The van der Waals surface area contributed by atoms with E-state index in [1.54, 1.807) is 11.5 Å². The summed E-state index contributed by atoms with van der Waals surface area (Å²) in [5, 5.41) is 9.82. The number of methoxy groups -OCH3 is 1. The molecule has 1 aromatic heterocycles. The highest BCUT2D eigenvalue weighted by molar-refractivity contribution is 5.93. The molecule has 1 fully saturated rings. The number of nitrogens with one attached hydrogen (secondary N) is 1. The average molecular weight is 438 g/mol. The van der Waals surface area contributed by atoms with Crippen LogP contribution in [0.3, 0.4) is 0 Å². The zero-order valence-corrected chi connectivity index (χ0v) is 17.7. The number of halogens is 1. The number of amides is 1. The van der Waals surface area contributed by atoms with Crippen molar-refractivity contribution in [2.45, 2.75) is 26.4 Å². The summed E-state index contributed by atoms with van der Waals surface area (Å²) in [5.74, 6) is -2.43. The van der Waals surface area contributed by atoms with E-state index in [9.17, 15) is 14.0 Å². The molecule has 1 unspecified atom stereocenters. The van der Waals surface area contributed by atoms with Gasteiger partial charge in [0.1, 0.15) is 6.61 Å². The van der Waals surface area contributed by atoms with Gasteiger partial charge in [0, 0.05) is 16.6 Å². The Labute approximate surface area is 184 Å². The zero-order chi connectivity index (χ0) is 22.9. The highest BCUT2D eigenvalue weighted by atomic mass is 19.1. The monoisotopic (exact) mass is 438 g/mol. The van der Waals surface area contributed by atoms with Crippen LogP contribution in [0.5, 0.6) is 5.75 Å². The number of hydrogen-bond acceptors (Lipinski definition) is 6. The number of ether oxygens (including phenoxy) is 2. The number of pyridine rings is 1. The molecule has 2 N–H and O–H groups in total. The van der Waals surface area contributed by atoms with Gasteiger partial charge < -0.3 is 9.47 Å². The smallest absolute Gasteiger partial charge is 0.312 e. The van der Waals surface area contributed by atoms with Gasteiger partial charge in [0.15, 0.2) is 11.6 Å². The molecule has 2 aromatic carbocycles. The number of benzene rings is 2. The van der Waals surface area contributed by atoms with Crippen LogP contribution in [0.1, 0.15) is 23.2 Å². The molecule has 0 radical (unpaired) electrons. The summed E-state index contributed by atoms with van der Waals surface area (Å²) in [7, 11) is 1.23. The fraction of sp³-hybridized carbons (Fsp3) is 0.292. The van der Waals surface area contributed by atoms with Crippen LogP contribution in [0.15, 0.2) is 48.5 Å². The molecule has 1 heterocycles. The van der Waals surface area contributed by atoms with E-state index in [1.807, 2.05) is 37.3 Å². The van der Waals surface area contributed by atoms with Gasteiger partial charge in [0.2, 0.25) is 5.91 Å². The van der Waals surface area contributed by atoms with Crippen LogP contribution in [0.2, 0.25) is 0 Å². The molecule has 4 rings (SSSR count). The van der Waals surface area contributed by atoms with Gasteiger partial charge in [0.25, 0.3) is 0 Å². The quantitative estimate of drug-likeness (QED) is 0.333. The number of carbonyl (C=O) groups excluding carboxylic acids is 2. The van der Waals surface area contributed by atoms with Crippen molar-refractivity contribution in [2.75, 3.05) is 7.11 Å². The van der Waals surface area contributed by atoms with E-state index in [0.29, 0.717) is 5.56 Å². The first-order valence-electron chi connectivity index (χ1n) is 10.2. The van der Waals surface area contributed by atoms with Gasteiger partial charge in [-0.25, -0.2) is 9.87 Å². The zero-order valence-electron chi connectivity index (χ0n) is 17.7. The Morgan fingerprint density at radius 3 is 2.75 bits per heavy atom. The third-order valence-corrected chi connectivity index (χ3v) is 5.92. The van der Waals surface area contributed by atoms with E-state index < -0.39 is 29.0 Å². The molecule has 7 nitrogen and oxygen atoms in total. The molecule has 1 amide bonds. The summed E-state index contributed by atoms with van der Waals surface area (Å²) in [6.45, 7) is 2.07. The highest BCUT2D eigenvalue weighted by Crippen LogP contribution is 2.55. The SMILES string of the molecule is COC(=O)[C@@]1(Cc2ccc(OCc3cc(C)nc4ccccc34)c(F)c2)CC1C(=O)NO. The lowest BCUT2D eigenvalue weighted by Gasteiger charge is -2.16. The van der Waals surface area contributed by atoms with Gasteiger partial charge in [-0.3, -0.25) is 19.8 Å². The Balaban J connectivity index is 1.51. The molecule has 0 spiro atoms. The van der Waals surface area contributed by atoms with E-state index in [1.165, 1.54) is 19.2 Å². The molecule has 1 aliphatic carbocycles. The Hall–Kier alpha value is -3.52. The topological polar surface area (TPSA) is 97.8 Å². The summed E-state index contributed by atoms with van der Waals surface area (Å²) in [6, 6.07) is 14.1. The number of para-hydroxylation sites is 1. The minimum absolute atomic E-state index is 0.0832.